The summed E-state index contributed by atoms with van der Waals surface area (Å²) < 4.78 is 11.4. The van der Waals surface area contributed by atoms with E-state index in [1.165, 1.54) is 35.6 Å². The van der Waals surface area contributed by atoms with Crippen LogP contribution in [0.15, 0.2) is 61.2 Å². The summed E-state index contributed by atoms with van der Waals surface area (Å²) in [4.78, 5) is 11.2. The molecular formula is C35H47NO3. The van der Waals surface area contributed by atoms with E-state index in [1.54, 1.807) is 0 Å². The summed E-state index contributed by atoms with van der Waals surface area (Å²) in [5.41, 5.74) is 3.50. The van der Waals surface area contributed by atoms with Crippen LogP contribution < -0.4 is 4.74 Å². The maximum Gasteiger partial charge on any atom is 0.330 e. The van der Waals surface area contributed by atoms with Gasteiger partial charge in [-0.25, -0.2) is 4.79 Å². The number of benzene rings is 2. The van der Waals surface area contributed by atoms with E-state index in [1.807, 2.05) is 0 Å². The molecule has 3 unspecified atom stereocenters. The normalized spacial score (nSPS) is 19.6. The second kappa shape index (κ2) is 16.1. The molecule has 1 aliphatic rings. The van der Waals surface area contributed by atoms with Gasteiger partial charge in [0.1, 0.15) is 5.75 Å². The van der Waals surface area contributed by atoms with Gasteiger partial charge in [0.05, 0.1) is 24.2 Å². The van der Waals surface area contributed by atoms with Crippen molar-refractivity contribution in [2.75, 3.05) is 6.61 Å². The second-order valence-corrected chi connectivity index (χ2v) is 11.2. The van der Waals surface area contributed by atoms with Crippen molar-refractivity contribution in [3.05, 3.63) is 66.7 Å². The number of carbonyl (C=O) groups excluding carboxylic acids is 1. The topological polar surface area (TPSA) is 59.3 Å². The predicted molar refractivity (Wildman–Crippen MR) is 160 cm³/mol. The van der Waals surface area contributed by atoms with E-state index in [2.05, 4.69) is 75.0 Å². The molecule has 3 atom stereocenters. The zero-order valence-corrected chi connectivity index (χ0v) is 24.1. The van der Waals surface area contributed by atoms with Crippen LogP contribution >= 0.6 is 0 Å². The van der Waals surface area contributed by atoms with E-state index in [0.717, 1.165) is 76.4 Å². The number of carbonyl (C=O) groups is 1. The van der Waals surface area contributed by atoms with Gasteiger partial charge in [0.15, 0.2) is 0 Å². The lowest BCUT2D eigenvalue weighted by Gasteiger charge is -2.36. The molecule has 0 aromatic heterocycles. The molecule has 4 nitrogen and oxygen atoms in total. The molecule has 0 aliphatic heterocycles. The van der Waals surface area contributed by atoms with Gasteiger partial charge in [-0.2, -0.15) is 5.26 Å². The van der Waals surface area contributed by atoms with Crippen LogP contribution in [0.25, 0.3) is 11.1 Å². The summed E-state index contributed by atoms with van der Waals surface area (Å²) in [5.74, 6) is 0.991. The minimum atomic E-state index is -0.367. The molecule has 39 heavy (non-hydrogen) atoms. The first-order chi connectivity index (χ1) is 19.0. The fraction of sp³-hybridized carbons (Fsp3) is 0.543. The maximum absolute atomic E-state index is 11.2. The van der Waals surface area contributed by atoms with Gasteiger partial charge in [-0.15, -0.1) is 0 Å². The molecule has 4 heteroatoms. The molecular weight excluding hydrogens is 482 g/mol. The van der Waals surface area contributed by atoms with Gasteiger partial charge in [0.25, 0.3) is 0 Å². The van der Waals surface area contributed by atoms with Crippen LogP contribution in [0.4, 0.5) is 0 Å². The van der Waals surface area contributed by atoms with E-state index in [4.69, 9.17) is 9.47 Å². The van der Waals surface area contributed by atoms with Gasteiger partial charge in [0.2, 0.25) is 0 Å². The number of rotatable bonds is 16. The molecule has 0 radical (unpaired) electrons. The Morgan fingerprint density at radius 2 is 1.90 bits per heavy atom. The highest BCUT2D eigenvalue weighted by Gasteiger charge is 2.36. The minimum absolute atomic E-state index is 0.261. The average molecular weight is 530 g/mol. The van der Waals surface area contributed by atoms with Crippen LogP contribution in [-0.2, 0) is 9.53 Å². The molecule has 0 heterocycles. The molecule has 0 saturated heterocycles. The summed E-state index contributed by atoms with van der Waals surface area (Å²) in [7, 11) is 0. The minimum Gasteiger partial charge on any atom is -0.490 e. The van der Waals surface area contributed by atoms with E-state index in [-0.39, 0.29) is 11.4 Å². The first-order valence-corrected chi connectivity index (χ1v) is 15.1. The zero-order chi connectivity index (χ0) is 27.9. The van der Waals surface area contributed by atoms with Crippen LogP contribution in [-0.4, -0.2) is 18.7 Å². The average Bonchev–Trinajstić information content (AvgIpc) is 2.98. The number of ether oxygens (including phenoxy) is 2. The standard InChI is InChI=1S/C35H47NO3/c1-4-7-17-32(13-5-2)39-33-20-18-28(19-21-33)29-14-11-15-30(25-29)31-16-12-23-35(26-31,27-36)22-9-8-10-24-38-34(37)6-3/h6,11,14-15,18-21,25,31-32H,3-5,7-10,12-13,16-17,22-24,26H2,1-2H3. The third-order valence-corrected chi connectivity index (χ3v) is 8.13. The smallest absolute Gasteiger partial charge is 0.330 e. The van der Waals surface area contributed by atoms with Gasteiger partial charge in [-0.3, -0.25) is 0 Å². The lowest BCUT2D eigenvalue weighted by Crippen LogP contribution is -2.26. The molecule has 0 N–H and O–H groups in total. The number of nitrogens with zero attached hydrogens (tertiary/aromatic N) is 1. The monoisotopic (exact) mass is 529 g/mol. The first kappa shape index (κ1) is 30.5. The Bertz CT molecular complexity index is 1070. The van der Waals surface area contributed by atoms with Crippen LogP contribution in [0.1, 0.15) is 109 Å². The Morgan fingerprint density at radius 1 is 1.08 bits per heavy atom. The van der Waals surface area contributed by atoms with Gasteiger partial charge in [-0.05, 0) is 79.7 Å². The van der Waals surface area contributed by atoms with E-state index < -0.39 is 0 Å². The molecule has 1 aliphatic carbocycles. The Labute approximate surface area is 236 Å². The highest BCUT2D eigenvalue weighted by atomic mass is 16.5. The van der Waals surface area contributed by atoms with E-state index in [9.17, 15) is 10.1 Å². The van der Waals surface area contributed by atoms with Gasteiger partial charge >= 0.3 is 5.97 Å². The molecule has 2 aromatic rings. The van der Waals surface area contributed by atoms with Crippen molar-refractivity contribution in [2.45, 2.75) is 109 Å². The van der Waals surface area contributed by atoms with Crippen molar-refractivity contribution < 1.29 is 14.3 Å². The summed E-state index contributed by atoms with van der Waals surface area (Å²) in [6.07, 6.45) is 15.1. The van der Waals surface area contributed by atoms with Gasteiger partial charge < -0.3 is 9.47 Å². The lowest BCUT2D eigenvalue weighted by molar-refractivity contribution is -0.137. The number of hydrogen-bond acceptors (Lipinski definition) is 4. The molecule has 1 fully saturated rings. The lowest BCUT2D eigenvalue weighted by atomic mass is 9.66. The SMILES string of the molecule is C=CC(=O)OCCCCCC1(C#N)CCCC(c2cccc(-c3ccc(OC(CCC)CCCC)cc3)c2)C1. The molecule has 210 valence electrons. The Hall–Kier alpha value is -3.06. The summed E-state index contributed by atoms with van der Waals surface area (Å²) in [5, 5.41) is 10.2. The maximum atomic E-state index is 11.2. The second-order valence-electron chi connectivity index (χ2n) is 11.2. The summed E-state index contributed by atoms with van der Waals surface area (Å²) in [6.45, 7) is 8.29. The largest absolute Gasteiger partial charge is 0.490 e. The Balaban J connectivity index is 1.60. The van der Waals surface area contributed by atoms with Crippen molar-refractivity contribution in [1.82, 2.24) is 0 Å². The highest BCUT2D eigenvalue weighted by Crippen LogP contribution is 2.47. The number of hydrogen-bond donors (Lipinski definition) is 0. The first-order valence-electron chi connectivity index (χ1n) is 15.1. The van der Waals surface area contributed by atoms with Gasteiger partial charge in [0, 0.05) is 6.08 Å². The van der Waals surface area contributed by atoms with Crippen molar-refractivity contribution in [2.24, 2.45) is 5.41 Å². The molecule has 2 aromatic carbocycles. The third-order valence-electron chi connectivity index (χ3n) is 8.13. The number of esters is 1. The Morgan fingerprint density at radius 3 is 2.62 bits per heavy atom. The summed E-state index contributed by atoms with van der Waals surface area (Å²) in [6, 6.07) is 20.2. The highest BCUT2D eigenvalue weighted by molar-refractivity contribution is 5.81. The Kier molecular flexibility index (Phi) is 12.6. The fourth-order valence-corrected chi connectivity index (χ4v) is 5.91. The number of unbranched alkanes of at least 4 members (excludes halogenated alkanes) is 3. The van der Waals surface area contributed by atoms with Gasteiger partial charge in [-0.1, -0.05) is 95.3 Å². The third kappa shape index (κ3) is 9.57. The van der Waals surface area contributed by atoms with Crippen molar-refractivity contribution in [1.29, 1.82) is 5.26 Å². The van der Waals surface area contributed by atoms with E-state index >= 15 is 0 Å². The molecule has 0 bridgehead atoms. The van der Waals surface area contributed by atoms with Crippen LogP contribution in [0.5, 0.6) is 5.75 Å². The molecule has 1 saturated carbocycles. The van der Waals surface area contributed by atoms with Crippen molar-refractivity contribution in [3.8, 4) is 22.9 Å². The fourth-order valence-electron chi connectivity index (χ4n) is 5.91. The molecule has 0 spiro atoms. The van der Waals surface area contributed by atoms with Crippen LogP contribution in [0, 0.1) is 16.7 Å². The van der Waals surface area contributed by atoms with Crippen molar-refractivity contribution >= 4 is 5.97 Å². The van der Waals surface area contributed by atoms with Crippen LogP contribution in [0.3, 0.4) is 0 Å². The zero-order valence-electron chi connectivity index (χ0n) is 24.1. The quantitative estimate of drug-likeness (QED) is 0.123. The van der Waals surface area contributed by atoms with Crippen molar-refractivity contribution in [3.63, 3.8) is 0 Å². The van der Waals surface area contributed by atoms with Crippen LogP contribution in [0.2, 0.25) is 0 Å². The predicted octanol–water partition coefficient (Wildman–Crippen LogP) is 9.55. The number of nitriles is 1. The van der Waals surface area contributed by atoms with E-state index in [0.29, 0.717) is 18.6 Å². The molecule has 0 amide bonds. The summed E-state index contributed by atoms with van der Waals surface area (Å²) >= 11 is 0. The molecule has 3 rings (SSSR count).